The fourth-order valence-corrected chi connectivity index (χ4v) is 3.28. The molecule has 166 valence electrons. The average Bonchev–Trinajstić information content (AvgIpc) is 2.80. The summed E-state index contributed by atoms with van der Waals surface area (Å²) in [7, 11) is 0. The number of carbonyl (C=O) groups is 2. The molecule has 0 fully saturated rings. The predicted octanol–water partition coefficient (Wildman–Crippen LogP) is 4.58. The van der Waals surface area contributed by atoms with Crippen LogP contribution in [0.1, 0.15) is 42.6 Å². The topological polar surface area (TPSA) is 67.4 Å². The Hall–Kier alpha value is -3.60. The summed E-state index contributed by atoms with van der Waals surface area (Å²) < 4.78 is 5.73. The number of amides is 2. The average molecular weight is 431 g/mol. The van der Waals surface area contributed by atoms with Gasteiger partial charge in [0.2, 0.25) is 11.8 Å². The van der Waals surface area contributed by atoms with Gasteiger partial charge in [-0.3, -0.25) is 9.59 Å². The minimum absolute atomic E-state index is 0.163. The molecule has 2 N–H and O–H groups in total. The first-order chi connectivity index (χ1) is 15.6. The molecule has 0 unspecified atom stereocenters. The van der Waals surface area contributed by atoms with Crippen LogP contribution in [-0.4, -0.2) is 18.4 Å². The molecule has 2 amide bonds. The highest BCUT2D eigenvalue weighted by Crippen LogP contribution is 2.18. The van der Waals surface area contributed by atoms with Gasteiger partial charge in [0.15, 0.2) is 0 Å². The minimum atomic E-state index is -0.632. The molecule has 0 radical (unpaired) electrons. The van der Waals surface area contributed by atoms with Crippen LogP contribution >= 0.6 is 0 Å². The van der Waals surface area contributed by atoms with Crippen LogP contribution in [0.25, 0.3) is 0 Å². The van der Waals surface area contributed by atoms with Gasteiger partial charge in [-0.25, -0.2) is 0 Å². The third-order valence-electron chi connectivity index (χ3n) is 5.01. The summed E-state index contributed by atoms with van der Waals surface area (Å²) >= 11 is 0. The lowest BCUT2D eigenvalue weighted by Crippen LogP contribution is -2.42. The molecule has 0 heterocycles. The Balaban J connectivity index is 1.69. The zero-order chi connectivity index (χ0) is 22.6. The highest BCUT2D eigenvalue weighted by atomic mass is 16.5. The molecule has 0 aromatic heterocycles. The highest BCUT2D eigenvalue weighted by molar-refractivity contribution is 5.82. The van der Waals surface area contributed by atoms with Crippen molar-refractivity contribution in [2.75, 3.05) is 6.61 Å². The van der Waals surface area contributed by atoms with E-state index in [2.05, 4.69) is 17.6 Å². The van der Waals surface area contributed by atoms with E-state index in [-0.39, 0.29) is 24.7 Å². The largest absolute Gasteiger partial charge is 0.494 e. The van der Waals surface area contributed by atoms with Crippen molar-refractivity contribution in [2.24, 2.45) is 0 Å². The number of unbranched alkanes of at least 4 members (excludes halogenated alkanes) is 1. The maximum atomic E-state index is 12.7. The maximum absolute atomic E-state index is 12.7. The van der Waals surface area contributed by atoms with Gasteiger partial charge in [-0.05, 0) is 35.2 Å². The highest BCUT2D eigenvalue weighted by Gasteiger charge is 2.18. The zero-order valence-corrected chi connectivity index (χ0v) is 18.4. The molecular weight excluding hydrogens is 400 g/mol. The first kappa shape index (κ1) is 23.1. The molecule has 5 nitrogen and oxygen atoms in total. The van der Waals surface area contributed by atoms with Crippen molar-refractivity contribution < 1.29 is 14.3 Å². The summed E-state index contributed by atoms with van der Waals surface area (Å²) in [5.74, 6) is 0.446. The quantitative estimate of drug-likeness (QED) is 0.346. The monoisotopic (exact) mass is 430 g/mol. The van der Waals surface area contributed by atoms with Crippen LogP contribution in [0.2, 0.25) is 0 Å². The summed E-state index contributed by atoms with van der Waals surface area (Å²) in [5, 5.41) is 5.92. The van der Waals surface area contributed by atoms with Crippen molar-refractivity contribution >= 4 is 11.8 Å². The molecule has 3 aromatic rings. The van der Waals surface area contributed by atoms with Crippen molar-refractivity contribution in [3.63, 3.8) is 0 Å². The van der Waals surface area contributed by atoms with Gasteiger partial charge in [0.25, 0.3) is 0 Å². The van der Waals surface area contributed by atoms with Gasteiger partial charge in [-0.2, -0.15) is 0 Å². The predicted molar refractivity (Wildman–Crippen MR) is 126 cm³/mol. The lowest BCUT2D eigenvalue weighted by atomic mass is 10.1. The third-order valence-corrected chi connectivity index (χ3v) is 5.01. The first-order valence-electron chi connectivity index (χ1n) is 11.0. The molecule has 0 saturated heterocycles. The lowest BCUT2D eigenvalue weighted by molar-refractivity contribution is -0.123. The molecule has 0 aliphatic heterocycles. The number of nitrogens with one attached hydrogen (secondary N) is 2. The van der Waals surface area contributed by atoms with E-state index in [1.807, 2.05) is 84.9 Å². The molecule has 3 rings (SSSR count). The van der Waals surface area contributed by atoms with Crippen LogP contribution in [-0.2, 0) is 22.4 Å². The van der Waals surface area contributed by atoms with Gasteiger partial charge in [0.1, 0.15) is 11.9 Å². The summed E-state index contributed by atoms with van der Waals surface area (Å²) in [6, 6.07) is 26.5. The van der Waals surface area contributed by atoms with E-state index in [1.54, 1.807) is 0 Å². The van der Waals surface area contributed by atoms with Crippen molar-refractivity contribution in [3.05, 3.63) is 102 Å². The van der Waals surface area contributed by atoms with Crippen LogP contribution < -0.4 is 15.4 Å². The summed E-state index contributed by atoms with van der Waals surface area (Å²) in [5.41, 5.74) is 2.62. The Kier molecular flexibility index (Phi) is 8.87. The van der Waals surface area contributed by atoms with E-state index in [9.17, 15) is 9.59 Å². The Morgan fingerprint density at radius 3 is 1.72 bits per heavy atom. The van der Waals surface area contributed by atoms with Crippen LogP contribution in [0, 0.1) is 0 Å². The van der Waals surface area contributed by atoms with Crippen LogP contribution in [0.5, 0.6) is 5.75 Å². The van der Waals surface area contributed by atoms with Gasteiger partial charge in [0.05, 0.1) is 19.4 Å². The van der Waals surface area contributed by atoms with Gasteiger partial charge in [0, 0.05) is 0 Å². The molecule has 3 aromatic carbocycles. The molecule has 0 aliphatic rings. The second kappa shape index (κ2) is 12.3. The van der Waals surface area contributed by atoms with E-state index in [1.165, 1.54) is 0 Å². The molecule has 0 atom stereocenters. The van der Waals surface area contributed by atoms with Gasteiger partial charge in [-0.15, -0.1) is 0 Å². The fraction of sp³-hybridized carbons (Fsp3) is 0.259. The smallest absolute Gasteiger partial charge is 0.226 e. The van der Waals surface area contributed by atoms with Gasteiger partial charge < -0.3 is 15.4 Å². The van der Waals surface area contributed by atoms with E-state index < -0.39 is 6.17 Å². The molecule has 0 aliphatic carbocycles. The number of benzene rings is 3. The van der Waals surface area contributed by atoms with Crippen LogP contribution in [0.15, 0.2) is 84.9 Å². The summed E-state index contributed by atoms with van der Waals surface area (Å²) in [6.45, 7) is 2.79. The number of hydrogen-bond donors (Lipinski definition) is 2. The SMILES string of the molecule is CCCCOc1ccc(C(NC(=O)Cc2ccccc2)NC(=O)Cc2ccccc2)cc1. The number of hydrogen-bond acceptors (Lipinski definition) is 3. The van der Waals surface area contributed by atoms with Gasteiger partial charge in [-0.1, -0.05) is 86.1 Å². The van der Waals surface area contributed by atoms with E-state index in [0.717, 1.165) is 35.3 Å². The van der Waals surface area contributed by atoms with Crippen LogP contribution in [0.3, 0.4) is 0 Å². The van der Waals surface area contributed by atoms with E-state index >= 15 is 0 Å². The first-order valence-corrected chi connectivity index (χ1v) is 11.0. The molecule has 5 heteroatoms. The summed E-state index contributed by atoms with van der Waals surface area (Å²) in [4.78, 5) is 25.4. The maximum Gasteiger partial charge on any atom is 0.226 e. The molecule has 32 heavy (non-hydrogen) atoms. The Morgan fingerprint density at radius 1 is 0.750 bits per heavy atom. The van der Waals surface area contributed by atoms with E-state index in [0.29, 0.717) is 6.61 Å². The fourth-order valence-electron chi connectivity index (χ4n) is 3.28. The van der Waals surface area contributed by atoms with Crippen molar-refractivity contribution in [1.29, 1.82) is 0 Å². The molecule has 0 saturated carbocycles. The van der Waals surface area contributed by atoms with Crippen LogP contribution in [0.4, 0.5) is 0 Å². The van der Waals surface area contributed by atoms with Crippen molar-refractivity contribution in [1.82, 2.24) is 10.6 Å². The number of ether oxygens (including phenoxy) is 1. The molecule has 0 spiro atoms. The molecule has 0 bridgehead atoms. The second-order valence-corrected chi connectivity index (χ2v) is 7.66. The second-order valence-electron chi connectivity index (χ2n) is 7.66. The molecular formula is C27H30N2O3. The summed E-state index contributed by atoms with van der Waals surface area (Å²) in [6.07, 6.45) is 1.91. The van der Waals surface area contributed by atoms with Gasteiger partial charge >= 0.3 is 0 Å². The Labute approximate surface area is 189 Å². The number of rotatable bonds is 11. The lowest BCUT2D eigenvalue weighted by Gasteiger charge is -2.21. The minimum Gasteiger partial charge on any atom is -0.494 e. The third kappa shape index (κ3) is 7.58. The standard InChI is InChI=1S/C27H30N2O3/c1-2-3-18-32-24-16-14-23(15-17-24)27(28-25(30)19-21-10-6-4-7-11-21)29-26(31)20-22-12-8-5-9-13-22/h4-17,27H,2-3,18-20H2,1H3,(H,28,30)(H,29,31). The number of carbonyl (C=O) groups excluding carboxylic acids is 2. The Bertz CT molecular complexity index is 917. The Morgan fingerprint density at radius 2 is 1.25 bits per heavy atom. The normalized spacial score (nSPS) is 10.6. The zero-order valence-electron chi connectivity index (χ0n) is 18.4. The van der Waals surface area contributed by atoms with Crippen molar-refractivity contribution in [2.45, 2.75) is 38.8 Å². The van der Waals surface area contributed by atoms with Crippen molar-refractivity contribution in [3.8, 4) is 5.75 Å². The van der Waals surface area contributed by atoms with E-state index in [4.69, 9.17) is 4.74 Å².